The van der Waals surface area contributed by atoms with Crippen molar-refractivity contribution < 1.29 is 14.6 Å². The highest BCUT2D eigenvalue weighted by atomic mass is 16.6. The average Bonchev–Trinajstić information content (AvgIpc) is 2.24. The van der Waals surface area contributed by atoms with E-state index in [9.17, 15) is 4.79 Å². The largest absolute Gasteiger partial charge is 0.456 e. The number of nitrogens with one attached hydrogen (secondary N) is 1. The average molecular weight is 238 g/mol. The maximum Gasteiger partial charge on any atom is 0.338 e. The lowest BCUT2D eigenvalue weighted by atomic mass is 10.2. The van der Waals surface area contributed by atoms with Crippen molar-refractivity contribution in [2.24, 2.45) is 0 Å². The van der Waals surface area contributed by atoms with Crippen LogP contribution in [-0.2, 0) is 4.74 Å². The SMILES string of the molecule is CC(C)(C)OC(=O)c1ccnc(NCCO)c1. The van der Waals surface area contributed by atoms with Crippen LogP contribution in [0, 0.1) is 0 Å². The number of ether oxygens (including phenoxy) is 1. The second-order valence-corrected chi connectivity index (χ2v) is 4.58. The molecular weight excluding hydrogens is 220 g/mol. The number of pyridine rings is 1. The van der Waals surface area contributed by atoms with E-state index in [0.29, 0.717) is 17.9 Å². The quantitative estimate of drug-likeness (QED) is 0.777. The molecule has 0 aliphatic heterocycles. The molecule has 0 aliphatic rings. The smallest absolute Gasteiger partial charge is 0.338 e. The Morgan fingerprint density at radius 3 is 2.82 bits per heavy atom. The van der Waals surface area contributed by atoms with Gasteiger partial charge in [0.2, 0.25) is 0 Å². The fraction of sp³-hybridized carbons (Fsp3) is 0.500. The van der Waals surface area contributed by atoms with Crippen molar-refractivity contribution in [3.8, 4) is 0 Å². The van der Waals surface area contributed by atoms with Gasteiger partial charge in [-0.2, -0.15) is 0 Å². The van der Waals surface area contributed by atoms with E-state index in [1.54, 1.807) is 12.1 Å². The van der Waals surface area contributed by atoms with Gasteiger partial charge in [-0.3, -0.25) is 0 Å². The Morgan fingerprint density at radius 2 is 2.24 bits per heavy atom. The second-order valence-electron chi connectivity index (χ2n) is 4.58. The van der Waals surface area contributed by atoms with Crippen LogP contribution in [0.15, 0.2) is 18.3 Å². The van der Waals surface area contributed by atoms with Crippen molar-refractivity contribution in [3.05, 3.63) is 23.9 Å². The minimum absolute atomic E-state index is 0.0122. The Bertz CT molecular complexity index is 386. The van der Waals surface area contributed by atoms with E-state index in [-0.39, 0.29) is 12.6 Å². The summed E-state index contributed by atoms with van der Waals surface area (Å²) in [6.07, 6.45) is 1.53. The van der Waals surface area contributed by atoms with Crippen molar-refractivity contribution in [1.29, 1.82) is 0 Å². The molecule has 0 aliphatic carbocycles. The van der Waals surface area contributed by atoms with Gasteiger partial charge >= 0.3 is 5.97 Å². The lowest BCUT2D eigenvalue weighted by Gasteiger charge is -2.19. The van der Waals surface area contributed by atoms with Gasteiger partial charge in [-0.25, -0.2) is 9.78 Å². The van der Waals surface area contributed by atoms with Gasteiger partial charge in [-0.1, -0.05) is 0 Å². The van der Waals surface area contributed by atoms with Gasteiger partial charge in [0, 0.05) is 12.7 Å². The zero-order valence-corrected chi connectivity index (χ0v) is 10.4. The Labute approximate surface area is 101 Å². The normalized spacial score (nSPS) is 11.1. The summed E-state index contributed by atoms with van der Waals surface area (Å²) in [5.74, 6) is 0.161. The van der Waals surface area contributed by atoms with Gasteiger partial charge in [0.15, 0.2) is 0 Å². The van der Waals surface area contributed by atoms with Gasteiger partial charge < -0.3 is 15.2 Å². The molecule has 94 valence electrons. The summed E-state index contributed by atoms with van der Waals surface area (Å²) in [7, 11) is 0. The van der Waals surface area contributed by atoms with Crippen LogP contribution in [0.4, 0.5) is 5.82 Å². The van der Waals surface area contributed by atoms with E-state index in [2.05, 4.69) is 10.3 Å². The minimum atomic E-state index is -0.515. The number of carbonyl (C=O) groups is 1. The number of nitrogens with zero attached hydrogens (tertiary/aromatic N) is 1. The molecule has 0 bridgehead atoms. The molecule has 1 aromatic rings. The zero-order valence-electron chi connectivity index (χ0n) is 10.4. The molecule has 5 heteroatoms. The first-order valence-corrected chi connectivity index (χ1v) is 5.46. The van der Waals surface area contributed by atoms with Crippen molar-refractivity contribution >= 4 is 11.8 Å². The number of hydrogen-bond acceptors (Lipinski definition) is 5. The first-order chi connectivity index (χ1) is 7.92. The van der Waals surface area contributed by atoms with Crippen LogP contribution in [0.3, 0.4) is 0 Å². The molecule has 0 saturated carbocycles. The highest BCUT2D eigenvalue weighted by Crippen LogP contribution is 2.13. The molecule has 0 fully saturated rings. The third-order valence-electron chi connectivity index (χ3n) is 1.81. The monoisotopic (exact) mass is 238 g/mol. The van der Waals surface area contributed by atoms with Crippen LogP contribution in [0.5, 0.6) is 0 Å². The fourth-order valence-corrected chi connectivity index (χ4v) is 1.18. The Morgan fingerprint density at radius 1 is 1.53 bits per heavy atom. The van der Waals surface area contributed by atoms with E-state index in [1.807, 2.05) is 20.8 Å². The van der Waals surface area contributed by atoms with Gasteiger partial charge in [-0.15, -0.1) is 0 Å². The van der Waals surface area contributed by atoms with Gasteiger partial charge in [0.05, 0.1) is 12.2 Å². The lowest BCUT2D eigenvalue weighted by molar-refractivity contribution is 0.00695. The number of aromatic nitrogens is 1. The second kappa shape index (κ2) is 5.63. The highest BCUT2D eigenvalue weighted by Gasteiger charge is 2.18. The molecule has 0 atom stereocenters. The molecular formula is C12H18N2O3. The predicted octanol–water partition coefficient (Wildman–Crippen LogP) is 1.44. The van der Waals surface area contributed by atoms with Crippen LogP contribution in [0.2, 0.25) is 0 Å². The summed E-state index contributed by atoms with van der Waals surface area (Å²) < 4.78 is 5.24. The van der Waals surface area contributed by atoms with E-state index >= 15 is 0 Å². The molecule has 2 N–H and O–H groups in total. The van der Waals surface area contributed by atoms with Gasteiger partial charge in [-0.05, 0) is 32.9 Å². The van der Waals surface area contributed by atoms with Crippen molar-refractivity contribution in [3.63, 3.8) is 0 Å². The molecule has 0 unspecified atom stereocenters. The third kappa shape index (κ3) is 4.82. The summed E-state index contributed by atoms with van der Waals surface area (Å²) in [4.78, 5) is 15.8. The van der Waals surface area contributed by atoms with Crippen molar-refractivity contribution in [1.82, 2.24) is 4.98 Å². The first-order valence-electron chi connectivity index (χ1n) is 5.46. The molecule has 0 aromatic carbocycles. The fourth-order valence-electron chi connectivity index (χ4n) is 1.18. The zero-order chi connectivity index (χ0) is 12.9. The van der Waals surface area contributed by atoms with E-state index in [0.717, 1.165) is 0 Å². The molecule has 0 spiro atoms. The lowest BCUT2D eigenvalue weighted by Crippen LogP contribution is -2.24. The molecule has 0 saturated heterocycles. The topological polar surface area (TPSA) is 71.5 Å². The van der Waals surface area contributed by atoms with Crippen LogP contribution < -0.4 is 5.32 Å². The van der Waals surface area contributed by atoms with E-state index < -0.39 is 5.60 Å². The highest BCUT2D eigenvalue weighted by molar-refractivity contribution is 5.90. The number of rotatable bonds is 4. The summed E-state index contributed by atoms with van der Waals surface area (Å²) in [5.41, 5.74) is -0.0747. The summed E-state index contributed by atoms with van der Waals surface area (Å²) in [5, 5.41) is 11.6. The Kier molecular flexibility index (Phi) is 4.45. The van der Waals surface area contributed by atoms with Crippen LogP contribution >= 0.6 is 0 Å². The summed E-state index contributed by atoms with van der Waals surface area (Å²) in [6.45, 7) is 5.86. The van der Waals surface area contributed by atoms with Gasteiger partial charge in [0.1, 0.15) is 11.4 Å². The number of aliphatic hydroxyl groups is 1. The molecule has 5 nitrogen and oxygen atoms in total. The first kappa shape index (κ1) is 13.4. The summed E-state index contributed by atoms with van der Waals surface area (Å²) in [6, 6.07) is 3.20. The van der Waals surface area contributed by atoms with Crippen LogP contribution in [0.1, 0.15) is 31.1 Å². The standard InChI is InChI=1S/C12H18N2O3/c1-12(2,3)17-11(16)9-4-5-13-10(8-9)14-6-7-15/h4-5,8,15H,6-7H2,1-3H3,(H,13,14). The predicted molar refractivity (Wildman–Crippen MR) is 65.0 cm³/mol. The van der Waals surface area contributed by atoms with E-state index in [1.165, 1.54) is 6.20 Å². The number of carbonyl (C=O) groups excluding carboxylic acids is 1. The van der Waals surface area contributed by atoms with Crippen LogP contribution in [-0.4, -0.2) is 34.8 Å². The molecule has 1 aromatic heterocycles. The molecule has 17 heavy (non-hydrogen) atoms. The third-order valence-corrected chi connectivity index (χ3v) is 1.81. The Hall–Kier alpha value is -1.62. The number of hydrogen-bond donors (Lipinski definition) is 2. The maximum absolute atomic E-state index is 11.8. The maximum atomic E-state index is 11.8. The minimum Gasteiger partial charge on any atom is -0.456 e. The van der Waals surface area contributed by atoms with Crippen molar-refractivity contribution in [2.45, 2.75) is 26.4 Å². The van der Waals surface area contributed by atoms with Gasteiger partial charge in [0.25, 0.3) is 0 Å². The molecule has 0 radical (unpaired) electrons. The summed E-state index contributed by atoms with van der Waals surface area (Å²) >= 11 is 0. The number of anilines is 1. The number of aliphatic hydroxyl groups excluding tert-OH is 1. The van der Waals surface area contributed by atoms with E-state index in [4.69, 9.17) is 9.84 Å². The molecule has 1 rings (SSSR count). The van der Waals surface area contributed by atoms with Crippen molar-refractivity contribution in [2.75, 3.05) is 18.5 Å². The van der Waals surface area contributed by atoms with Crippen LogP contribution in [0.25, 0.3) is 0 Å². The Balaban J connectivity index is 2.74. The molecule has 1 heterocycles. The molecule has 0 amide bonds. The number of esters is 1.